The SMILES string of the molecule is CCC(N)C(c1ccccc1Br)N1CCNC(=O)C1CC. The van der Waals surface area contributed by atoms with E-state index in [-0.39, 0.29) is 24.0 Å². The smallest absolute Gasteiger partial charge is 0.237 e. The minimum Gasteiger partial charge on any atom is -0.353 e. The number of benzene rings is 1. The van der Waals surface area contributed by atoms with Crippen molar-refractivity contribution >= 4 is 21.8 Å². The second-order valence-corrected chi connectivity index (χ2v) is 6.35. The first-order chi connectivity index (χ1) is 10.1. The number of halogens is 1. The molecule has 1 aliphatic heterocycles. The summed E-state index contributed by atoms with van der Waals surface area (Å²) in [6.07, 6.45) is 1.67. The number of hydrogen-bond acceptors (Lipinski definition) is 3. The molecule has 21 heavy (non-hydrogen) atoms. The van der Waals surface area contributed by atoms with Gasteiger partial charge in [-0.3, -0.25) is 9.69 Å². The fourth-order valence-electron chi connectivity index (χ4n) is 3.08. The van der Waals surface area contributed by atoms with Crippen LogP contribution < -0.4 is 11.1 Å². The first-order valence-electron chi connectivity index (χ1n) is 7.63. The highest BCUT2D eigenvalue weighted by Crippen LogP contribution is 2.33. The summed E-state index contributed by atoms with van der Waals surface area (Å²) >= 11 is 3.64. The Hall–Kier alpha value is -0.910. The van der Waals surface area contributed by atoms with E-state index < -0.39 is 0 Å². The van der Waals surface area contributed by atoms with E-state index in [2.05, 4.69) is 46.1 Å². The van der Waals surface area contributed by atoms with Crippen molar-refractivity contribution in [3.8, 4) is 0 Å². The molecule has 4 nitrogen and oxygen atoms in total. The molecule has 1 aliphatic rings. The lowest BCUT2D eigenvalue weighted by atomic mass is 9.93. The predicted molar refractivity (Wildman–Crippen MR) is 88.9 cm³/mol. The van der Waals surface area contributed by atoms with Crippen molar-refractivity contribution < 1.29 is 4.79 Å². The highest BCUT2D eigenvalue weighted by atomic mass is 79.9. The van der Waals surface area contributed by atoms with Crippen molar-refractivity contribution in [3.05, 3.63) is 34.3 Å². The summed E-state index contributed by atoms with van der Waals surface area (Å²) in [7, 11) is 0. The number of nitrogens with zero attached hydrogens (tertiary/aromatic N) is 1. The molecule has 116 valence electrons. The van der Waals surface area contributed by atoms with Gasteiger partial charge in [-0.2, -0.15) is 0 Å². The number of carbonyl (C=O) groups is 1. The van der Waals surface area contributed by atoms with Gasteiger partial charge in [-0.25, -0.2) is 0 Å². The van der Waals surface area contributed by atoms with Crippen molar-refractivity contribution in [3.63, 3.8) is 0 Å². The van der Waals surface area contributed by atoms with Crippen LogP contribution in [-0.2, 0) is 4.79 Å². The molecule has 3 atom stereocenters. The molecule has 0 aromatic heterocycles. The molecule has 1 heterocycles. The fourth-order valence-corrected chi connectivity index (χ4v) is 3.60. The third kappa shape index (κ3) is 3.47. The van der Waals surface area contributed by atoms with Gasteiger partial charge in [0.25, 0.3) is 0 Å². The van der Waals surface area contributed by atoms with Crippen LogP contribution in [0.5, 0.6) is 0 Å². The highest BCUT2D eigenvalue weighted by Gasteiger charge is 2.36. The fraction of sp³-hybridized carbons (Fsp3) is 0.562. The van der Waals surface area contributed by atoms with Gasteiger partial charge in [0.05, 0.1) is 12.1 Å². The molecule has 2 rings (SSSR count). The van der Waals surface area contributed by atoms with Crippen LogP contribution in [0.15, 0.2) is 28.7 Å². The zero-order valence-corrected chi connectivity index (χ0v) is 14.3. The lowest BCUT2D eigenvalue weighted by Gasteiger charge is -2.43. The largest absolute Gasteiger partial charge is 0.353 e. The van der Waals surface area contributed by atoms with Crippen molar-refractivity contribution in [2.24, 2.45) is 5.73 Å². The summed E-state index contributed by atoms with van der Waals surface area (Å²) in [4.78, 5) is 14.4. The Balaban J connectivity index is 2.40. The van der Waals surface area contributed by atoms with Gasteiger partial charge in [0.15, 0.2) is 0 Å². The summed E-state index contributed by atoms with van der Waals surface area (Å²) < 4.78 is 1.06. The summed E-state index contributed by atoms with van der Waals surface area (Å²) in [6, 6.07) is 8.13. The first-order valence-corrected chi connectivity index (χ1v) is 8.42. The maximum absolute atomic E-state index is 12.2. The van der Waals surface area contributed by atoms with Crippen molar-refractivity contribution in [2.45, 2.75) is 44.8 Å². The number of rotatable bonds is 5. The van der Waals surface area contributed by atoms with Crippen molar-refractivity contribution in [1.82, 2.24) is 10.2 Å². The average molecular weight is 354 g/mol. The quantitative estimate of drug-likeness (QED) is 0.854. The van der Waals surface area contributed by atoms with E-state index in [1.807, 2.05) is 18.2 Å². The topological polar surface area (TPSA) is 58.4 Å². The maximum atomic E-state index is 12.2. The number of hydrogen-bond donors (Lipinski definition) is 2. The molecule has 1 aromatic carbocycles. The molecule has 0 saturated carbocycles. The Bertz CT molecular complexity index is 494. The molecule has 3 N–H and O–H groups in total. The van der Waals surface area contributed by atoms with Crippen LogP contribution in [0, 0.1) is 0 Å². The van der Waals surface area contributed by atoms with E-state index in [1.165, 1.54) is 5.56 Å². The first kappa shape index (κ1) is 16.5. The van der Waals surface area contributed by atoms with E-state index in [1.54, 1.807) is 0 Å². The number of amides is 1. The predicted octanol–water partition coefficient (Wildman–Crippen LogP) is 2.44. The van der Waals surface area contributed by atoms with Crippen LogP contribution in [0.1, 0.15) is 38.3 Å². The Labute approximate surface area is 135 Å². The van der Waals surface area contributed by atoms with Gasteiger partial charge >= 0.3 is 0 Å². The Morgan fingerprint density at radius 1 is 1.43 bits per heavy atom. The van der Waals surface area contributed by atoms with Gasteiger partial charge in [-0.1, -0.05) is 48.0 Å². The lowest BCUT2D eigenvalue weighted by molar-refractivity contribution is -0.130. The zero-order chi connectivity index (χ0) is 15.4. The summed E-state index contributed by atoms with van der Waals surface area (Å²) in [5.74, 6) is 0.115. The molecule has 1 amide bonds. The van der Waals surface area contributed by atoms with Gasteiger partial charge in [-0.15, -0.1) is 0 Å². The van der Waals surface area contributed by atoms with Crippen LogP contribution >= 0.6 is 15.9 Å². The molecule has 1 fully saturated rings. The molecule has 1 saturated heterocycles. The van der Waals surface area contributed by atoms with Crippen LogP contribution in [-0.4, -0.2) is 36.0 Å². The van der Waals surface area contributed by atoms with E-state index in [0.29, 0.717) is 6.54 Å². The molecule has 5 heteroatoms. The van der Waals surface area contributed by atoms with Crippen molar-refractivity contribution in [1.29, 1.82) is 0 Å². The van der Waals surface area contributed by atoms with Crippen LogP contribution in [0.4, 0.5) is 0 Å². The van der Waals surface area contributed by atoms with Crippen molar-refractivity contribution in [2.75, 3.05) is 13.1 Å². The lowest BCUT2D eigenvalue weighted by Crippen LogP contribution is -2.58. The normalized spacial score (nSPS) is 22.7. The third-order valence-corrected chi connectivity index (χ3v) is 4.94. The highest BCUT2D eigenvalue weighted by molar-refractivity contribution is 9.10. The van der Waals surface area contributed by atoms with Crippen LogP contribution in [0.3, 0.4) is 0 Å². The second-order valence-electron chi connectivity index (χ2n) is 5.49. The standard InChI is InChI=1S/C16H24BrN3O/c1-3-13(18)15(11-7-5-6-8-12(11)17)20-10-9-19-16(21)14(20)4-2/h5-8,13-15H,3-4,9-10,18H2,1-2H3,(H,19,21). The average Bonchev–Trinajstić information content (AvgIpc) is 2.49. The van der Waals surface area contributed by atoms with Crippen LogP contribution in [0.2, 0.25) is 0 Å². The van der Waals surface area contributed by atoms with E-state index >= 15 is 0 Å². The molecule has 1 aromatic rings. The van der Waals surface area contributed by atoms with E-state index in [0.717, 1.165) is 23.9 Å². The number of nitrogens with one attached hydrogen (secondary N) is 1. The Morgan fingerprint density at radius 3 is 2.76 bits per heavy atom. The van der Waals surface area contributed by atoms with Gasteiger partial charge < -0.3 is 11.1 Å². The van der Waals surface area contributed by atoms with E-state index in [9.17, 15) is 4.79 Å². The third-order valence-electron chi connectivity index (χ3n) is 4.22. The molecule has 0 spiro atoms. The van der Waals surface area contributed by atoms with E-state index in [4.69, 9.17) is 5.73 Å². The summed E-state index contributed by atoms with van der Waals surface area (Å²) in [6.45, 7) is 5.67. The second kappa shape index (κ2) is 7.38. The number of nitrogens with two attached hydrogens (primary N) is 1. The molecule has 0 bridgehead atoms. The molecular weight excluding hydrogens is 330 g/mol. The molecular formula is C16H24BrN3O. The molecule has 0 radical (unpaired) electrons. The molecule has 0 aliphatic carbocycles. The number of carbonyl (C=O) groups excluding carboxylic acids is 1. The number of piperazine rings is 1. The minimum atomic E-state index is -0.103. The maximum Gasteiger partial charge on any atom is 0.237 e. The van der Waals surface area contributed by atoms with Gasteiger partial charge in [-0.05, 0) is 24.5 Å². The van der Waals surface area contributed by atoms with Gasteiger partial charge in [0.1, 0.15) is 0 Å². The Kier molecular flexibility index (Phi) is 5.79. The molecule has 3 unspecified atom stereocenters. The Morgan fingerprint density at radius 2 is 2.14 bits per heavy atom. The van der Waals surface area contributed by atoms with Gasteiger partial charge in [0, 0.05) is 23.6 Å². The summed E-state index contributed by atoms with van der Waals surface area (Å²) in [5, 5.41) is 2.96. The van der Waals surface area contributed by atoms with Crippen LogP contribution in [0.25, 0.3) is 0 Å². The minimum absolute atomic E-state index is 0.00338. The zero-order valence-electron chi connectivity index (χ0n) is 12.7. The van der Waals surface area contributed by atoms with Gasteiger partial charge in [0.2, 0.25) is 5.91 Å². The monoisotopic (exact) mass is 353 g/mol. The summed E-state index contributed by atoms with van der Waals surface area (Å²) in [5.41, 5.74) is 7.58.